The molecular formula is C10H12ClNO2. The maximum atomic E-state index is 10.5. The minimum absolute atomic E-state index is 0. The highest BCUT2D eigenvalue weighted by atomic mass is 35.5. The van der Waals surface area contributed by atoms with Crippen molar-refractivity contribution < 1.29 is 9.90 Å². The normalized spacial score (nSPS) is 17.9. The van der Waals surface area contributed by atoms with Gasteiger partial charge in [-0.25, -0.2) is 0 Å². The van der Waals surface area contributed by atoms with E-state index in [9.17, 15) is 4.79 Å². The minimum atomic E-state index is -0.745. The van der Waals surface area contributed by atoms with Gasteiger partial charge >= 0.3 is 5.97 Å². The van der Waals surface area contributed by atoms with Crippen LogP contribution in [-0.2, 0) is 11.2 Å². The number of para-hydroxylation sites is 1. The van der Waals surface area contributed by atoms with Gasteiger partial charge in [0.25, 0.3) is 0 Å². The molecule has 14 heavy (non-hydrogen) atoms. The molecule has 1 aromatic rings. The summed E-state index contributed by atoms with van der Waals surface area (Å²) in [4.78, 5) is 10.5. The monoisotopic (exact) mass is 213 g/mol. The van der Waals surface area contributed by atoms with Gasteiger partial charge in [0.1, 0.15) is 0 Å². The van der Waals surface area contributed by atoms with E-state index in [1.165, 1.54) is 5.56 Å². The summed E-state index contributed by atoms with van der Waals surface area (Å²) >= 11 is 0. The van der Waals surface area contributed by atoms with Crippen LogP contribution >= 0.6 is 12.4 Å². The summed E-state index contributed by atoms with van der Waals surface area (Å²) < 4.78 is 0. The molecule has 76 valence electrons. The number of anilines is 1. The molecule has 0 saturated heterocycles. The van der Waals surface area contributed by atoms with Gasteiger partial charge in [-0.15, -0.1) is 12.4 Å². The first-order valence-electron chi connectivity index (χ1n) is 4.32. The fraction of sp³-hybridized carbons (Fsp3) is 0.300. The second-order valence-corrected chi connectivity index (χ2v) is 3.30. The largest absolute Gasteiger partial charge is 0.481 e. The SMILES string of the molecule is Cl.O=C(O)CC1Cc2ccccc2N1. The number of halogens is 1. The minimum Gasteiger partial charge on any atom is -0.481 e. The Labute approximate surface area is 88.5 Å². The number of benzene rings is 1. The van der Waals surface area contributed by atoms with Crippen molar-refractivity contribution in [1.29, 1.82) is 0 Å². The van der Waals surface area contributed by atoms with Gasteiger partial charge in [-0.1, -0.05) is 18.2 Å². The average molecular weight is 214 g/mol. The second-order valence-electron chi connectivity index (χ2n) is 3.30. The van der Waals surface area contributed by atoms with E-state index in [0.717, 1.165) is 12.1 Å². The summed E-state index contributed by atoms with van der Waals surface area (Å²) in [7, 11) is 0. The molecule has 0 saturated carbocycles. The van der Waals surface area contributed by atoms with Crippen molar-refractivity contribution >= 4 is 24.1 Å². The molecule has 1 aliphatic heterocycles. The van der Waals surface area contributed by atoms with Crippen LogP contribution in [0.25, 0.3) is 0 Å². The first kappa shape index (κ1) is 10.9. The molecule has 1 unspecified atom stereocenters. The van der Waals surface area contributed by atoms with E-state index < -0.39 is 5.97 Å². The van der Waals surface area contributed by atoms with Gasteiger partial charge in [-0.2, -0.15) is 0 Å². The molecule has 0 radical (unpaired) electrons. The van der Waals surface area contributed by atoms with E-state index in [1.807, 2.05) is 24.3 Å². The van der Waals surface area contributed by atoms with E-state index in [4.69, 9.17) is 5.11 Å². The summed E-state index contributed by atoms with van der Waals surface area (Å²) in [5.74, 6) is -0.745. The summed E-state index contributed by atoms with van der Waals surface area (Å²) in [5.41, 5.74) is 2.29. The van der Waals surface area contributed by atoms with Crippen LogP contribution in [-0.4, -0.2) is 17.1 Å². The first-order chi connectivity index (χ1) is 6.25. The Bertz CT molecular complexity index is 316. The van der Waals surface area contributed by atoms with Crippen molar-refractivity contribution in [2.24, 2.45) is 0 Å². The standard InChI is InChI=1S/C10H11NO2.ClH/c12-10(13)6-8-5-7-3-1-2-4-9(7)11-8;/h1-4,8,11H,5-6H2,(H,12,13);1H. The van der Waals surface area contributed by atoms with Gasteiger partial charge in [0.15, 0.2) is 0 Å². The predicted molar refractivity (Wildman–Crippen MR) is 57.1 cm³/mol. The van der Waals surface area contributed by atoms with Crippen LogP contribution in [0.4, 0.5) is 5.69 Å². The van der Waals surface area contributed by atoms with Gasteiger partial charge in [-0.3, -0.25) is 4.79 Å². The molecule has 0 spiro atoms. The van der Waals surface area contributed by atoms with E-state index >= 15 is 0 Å². The van der Waals surface area contributed by atoms with E-state index in [1.54, 1.807) is 0 Å². The van der Waals surface area contributed by atoms with E-state index in [-0.39, 0.29) is 24.9 Å². The number of rotatable bonds is 2. The molecule has 1 aromatic carbocycles. The lowest BCUT2D eigenvalue weighted by atomic mass is 10.1. The Hall–Kier alpha value is -1.22. The zero-order valence-electron chi connectivity index (χ0n) is 7.56. The summed E-state index contributed by atoms with van der Waals surface area (Å²) in [6.07, 6.45) is 1.01. The lowest BCUT2D eigenvalue weighted by molar-refractivity contribution is -0.137. The fourth-order valence-corrected chi connectivity index (χ4v) is 1.71. The molecule has 0 aromatic heterocycles. The highest BCUT2D eigenvalue weighted by Crippen LogP contribution is 2.26. The molecular weight excluding hydrogens is 202 g/mol. The number of nitrogens with one attached hydrogen (secondary N) is 1. The van der Waals surface area contributed by atoms with Crippen LogP contribution in [0.15, 0.2) is 24.3 Å². The van der Waals surface area contributed by atoms with Crippen LogP contribution < -0.4 is 5.32 Å². The van der Waals surface area contributed by atoms with Gasteiger partial charge in [0, 0.05) is 11.7 Å². The summed E-state index contributed by atoms with van der Waals surface area (Å²) in [5, 5.41) is 11.8. The van der Waals surface area contributed by atoms with E-state index in [2.05, 4.69) is 5.32 Å². The molecule has 0 fully saturated rings. The lowest BCUT2D eigenvalue weighted by Gasteiger charge is -2.06. The zero-order chi connectivity index (χ0) is 9.26. The third kappa shape index (κ3) is 2.17. The van der Waals surface area contributed by atoms with Crippen molar-refractivity contribution in [2.45, 2.75) is 18.9 Å². The Morgan fingerprint density at radius 3 is 2.86 bits per heavy atom. The number of hydrogen-bond acceptors (Lipinski definition) is 2. The number of carbonyl (C=O) groups is 1. The van der Waals surface area contributed by atoms with Crippen molar-refractivity contribution in [3.05, 3.63) is 29.8 Å². The Morgan fingerprint density at radius 1 is 1.50 bits per heavy atom. The van der Waals surface area contributed by atoms with Crippen molar-refractivity contribution in [2.75, 3.05) is 5.32 Å². The fourth-order valence-electron chi connectivity index (χ4n) is 1.71. The Kier molecular flexibility index (Phi) is 3.36. The van der Waals surface area contributed by atoms with Crippen LogP contribution in [0.5, 0.6) is 0 Å². The highest BCUT2D eigenvalue weighted by Gasteiger charge is 2.21. The first-order valence-corrected chi connectivity index (χ1v) is 4.32. The molecule has 0 bridgehead atoms. The molecule has 4 heteroatoms. The van der Waals surface area contributed by atoms with E-state index in [0.29, 0.717) is 0 Å². The smallest absolute Gasteiger partial charge is 0.305 e. The Balaban J connectivity index is 0.000000980. The summed E-state index contributed by atoms with van der Waals surface area (Å²) in [6.45, 7) is 0. The topological polar surface area (TPSA) is 49.3 Å². The van der Waals surface area contributed by atoms with Crippen molar-refractivity contribution in [1.82, 2.24) is 0 Å². The lowest BCUT2D eigenvalue weighted by Crippen LogP contribution is -2.19. The molecule has 1 atom stereocenters. The van der Waals surface area contributed by atoms with Crippen LogP contribution in [0.1, 0.15) is 12.0 Å². The molecule has 1 aliphatic rings. The number of aliphatic carboxylic acids is 1. The molecule has 2 N–H and O–H groups in total. The zero-order valence-corrected chi connectivity index (χ0v) is 8.38. The summed E-state index contributed by atoms with van der Waals surface area (Å²) in [6, 6.07) is 8.01. The average Bonchev–Trinajstić information content (AvgIpc) is 2.44. The number of carboxylic acids is 1. The van der Waals surface area contributed by atoms with Gasteiger partial charge in [0.2, 0.25) is 0 Å². The maximum absolute atomic E-state index is 10.5. The Morgan fingerprint density at radius 2 is 2.21 bits per heavy atom. The maximum Gasteiger partial charge on any atom is 0.305 e. The van der Waals surface area contributed by atoms with Crippen LogP contribution in [0, 0.1) is 0 Å². The molecule has 1 heterocycles. The van der Waals surface area contributed by atoms with Gasteiger partial charge in [0.05, 0.1) is 6.42 Å². The van der Waals surface area contributed by atoms with Gasteiger partial charge in [-0.05, 0) is 18.1 Å². The molecule has 0 amide bonds. The van der Waals surface area contributed by atoms with Crippen molar-refractivity contribution in [3.8, 4) is 0 Å². The number of carboxylic acid groups (broad SMARTS) is 1. The predicted octanol–water partition coefficient (Wildman–Crippen LogP) is 1.92. The quantitative estimate of drug-likeness (QED) is 0.789. The molecule has 3 nitrogen and oxygen atoms in total. The highest BCUT2D eigenvalue weighted by molar-refractivity contribution is 5.85. The van der Waals surface area contributed by atoms with Crippen LogP contribution in [0.2, 0.25) is 0 Å². The van der Waals surface area contributed by atoms with Gasteiger partial charge < -0.3 is 10.4 Å². The van der Waals surface area contributed by atoms with Crippen LogP contribution in [0.3, 0.4) is 0 Å². The third-order valence-corrected chi connectivity index (χ3v) is 2.26. The third-order valence-electron chi connectivity index (χ3n) is 2.26. The number of hydrogen-bond donors (Lipinski definition) is 2. The van der Waals surface area contributed by atoms with Crippen molar-refractivity contribution in [3.63, 3.8) is 0 Å². The second kappa shape index (κ2) is 4.33. The number of fused-ring (bicyclic) bond motifs is 1. The molecule has 2 rings (SSSR count). The molecule has 0 aliphatic carbocycles.